The number of nitrogens with one attached hydrogen (secondary N) is 2. The summed E-state index contributed by atoms with van der Waals surface area (Å²) < 4.78 is 20.2. The largest absolute Gasteiger partial charge is 0.361 e. The van der Waals surface area contributed by atoms with E-state index in [1.54, 1.807) is 29.9 Å². The average Bonchev–Trinajstić information content (AvgIpc) is 3.44. The number of rotatable bonds is 6. The zero-order valence-corrected chi connectivity index (χ0v) is 19.3. The standard InChI is InChI=1S/C25H25FN6O3/c1-15-20(14-32-12-2-11-28-32)22(31-35-15)25(34)27-13-16-3-9-19-21(10-4-16)29-23(30-24(19)33)17-5-7-18(26)8-6-17/h2,5-8,11-12,16H,3-4,9-10,13-14H2,1H3,(H,27,34)(H,29,30,33). The Hall–Kier alpha value is -4.08. The van der Waals surface area contributed by atoms with Gasteiger partial charge in [-0.05, 0) is 68.9 Å². The summed E-state index contributed by atoms with van der Waals surface area (Å²) in [4.78, 5) is 33.1. The van der Waals surface area contributed by atoms with E-state index in [1.807, 2.05) is 12.3 Å². The van der Waals surface area contributed by atoms with Crippen LogP contribution in [0.25, 0.3) is 11.4 Å². The lowest BCUT2D eigenvalue weighted by Crippen LogP contribution is -2.30. The van der Waals surface area contributed by atoms with E-state index in [0.29, 0.717) is 54.2 Å². The number of amides is 1. The average molecular weight is 477 g/mol. The fourth-order valence-corrected chi connectivity index (χ4v) is 4.42. The van der Waals surface area contributed by atoms with Crippen LogP contribution in [0.4, 0.5) is 4.39 Å². The van der Waals surface area contributed by atoms with Crippen LogP contribution in [0.5, 0.6) is 0 Å². The van der Waals surface area contributed by atoms with Gasteiger partial charge in [-0.15, -0.1) is 0 Å². The Morgan fingerprint density at radius 1 is 1.26 bits per heavy atom. The fraction of sp³-hybridized carbons (Fsp3) is 0.320. The molecule has 0 fully saturated rings. The van der Waals surface area contributed by atoms with Crippen LogP contribution in [0.3, 0.4) is 0 Å². The molecule has 0 spiro atoms. The minimum absolute atomic E-state index is 0.166. The summed E-state index contributed by atoms with van der Waals surface area (Å²) in [5.41, 5.74) is 2.89. The molecule has 1 aliphatic rings. The summed E-state index contributed by atoms with van der Waals surface area (Å²) in [6.07, 6.45) is 6.23. The number of fused-ring (bicyclic) bond motifs is 1. The van der Waals surface area contributed by atoms with Crippen LogP contribution in [-0.4, -0.2) is 37.4 Å². The maximum atomic E-state index is 13.3. The number of carbonyl (C=O) groups excluding carboxylic acids is 1. The molecule has 5 rings (SSSR count). The van der Waals surface area contributed by atoms with Gasteiger partial charge < -0.3 is 14.8 Å². The van der Waals surface area contributed by atoms with Gasteiger partial charge >= 0.3 is 0 Å². The molecule has 0 saturated heterocycles. The van der Waals surface area contributed by atoms with E-state index >= 15 is 0 Å². The molecule has 3 aromatic heterocycles. The number of aryl methyl sites for hydroxylation is 2. The van der Waals surface area contributed by atoms with Gasteiger partial charge in [-0.2, -0.15) is 5.10 Å². The number of benzene rings is 1. The van der Waals surface area contributed by atoms with Crippen molar-refractivity contribution in [2.45, 2.75) is 39.2 Å². The lowest BCUT2D eigenvalue weighted by Gasteiger charge is -2.14. The Morgan fingerprint density at radius 2 is 2.06 bits per heavy atom. The van der Waals surface area contributed by atoms with Gasteiger partial charge in [-0.3, -0.25) is 14.3 Å². The molecule has 0 aliphatic heterocycles. The molecule has 35 heavy (non-hydrogen) atoms. The Morgan fingerprint density at radius 3 is 2.83 bits per heavy atom. The van der Waals surface area contributed by atoms with Crippen molar-refractivity contribution in [3.05, 3.63) is 87.2 Å². The monoisotopic (exact) mass is 476 g/mol. The third kappa shape index (κ3) is 4.91. The van der Waals surface area contributed by atoms with Gasteiger partial charge in [0.25, 0.3) is 11.5 Å². The highest BCUT2D eigenvalue weighted by Crippen LogP contribution is 2.23. The van der Waals surface area contributed by atoms with Crippen LogP contribution < -0.4 is 10.9 Å². The maximum absolute atomic E-state index is 13.3. The molecule has 1 unspecified atom stereocenters. The van der Waals surface area contributed by atoms with E-state index in [-0.39, 0.29) is 28.9 Å². The first-order chi connectivity index (χ1) is 17.0. The molecule has 4 aromatic rings. The van der Waals surface area contributed by atoms with Gasteiger partial charge in [0, 0.05) is 35.6 Å². The first kappa shape index (κ1) is 22.7. The number of nitrogens with zero attached hydrogens (tertiary/aromatic N) is 4. The molecule has 1 aliphatic carbocycles. The van der Waals surface area contributed by atoms with Crippen molar-refractivity contribution in [3.8, 4) is 11.4 Å². The lowest BCUT2D eigenvalue weighted by molar-refractivity contribution is 0.0936. The van der Waals surface area contributed by atoms with Crippen molar-refractivity contribution < 1.29 is 13.7 Å². The van der Waals surface area contributed by atoms with E-state index < -0.39 is 0 Å². The van der Waals surface area contributed by atoms with Crippen molar-refractivity contribution in [1.82, 2.24) is 30.2 Å². The summed E-state index contributed by atoms with van der Waals surface area (Å²) in [5, 5.41) is 11.1. The second-order valence-corrected chi connectivity index (χ2v) is 8.77. The number of hydrogen-bond acceptors (Lipinski definition) is 6. The first-order valence-electron chi connectivity index (χ1n) is 11.6. The van der Waals surface area contributed by atoms with Crippen LogP contribution in [0, 0.1) is 18.7 Å². The third-order valence-corrected chi connectivity index (χ3v) is 6.44. The van der Waals surface area contributed by atoms with Crippen LogP contribution >= 0.6 is 0 Å². The minimum atomic E-state index is -0.343. The van der Waals surface area contributed by atoms with E-state index in [9.17, 15) is 14.0 Å². The SMILES string of the molecule is Cc1onc(C(=O)NCC2CCc3nc(-c4ccc(F)cc4)[nH]c(=O)c3CC2)c1Cn1cccn1. The van der Waals surface area contributed by atoms with Gasteiger partial charge in [-0.25, -0.2) is 9.37 Å². The third-order valence-electron chi connectivity index (χ3n) is 6.44. The lowest BCUT2D eigenvalue weighted by atomic mass is 9.99. The molecule has 1 aromatic carbocycles. The Kier molecular flexibility index (Phi) is 6.26. The number of aromatic amines is 1. The quantitative estimate of drug-likeness (QED) is 0.413. The maximum Gasteiger partial charge on any atom is 0.273 e. The topological polar surface area (TPSA) is 119 Å². The summed E-state index contributed by atoms with van der Waals surface area (Å²) >= 11 is 0. The van der Waals surface area contributed by atoms with Crippen molar-refractivity contribution >= 4 is 5.91 Å². The van der Waals surface area contributed by atoms with Gasteiger partial charge in [-0.1, -0.05) is 5.16 Å². The molecular weight excluding hydrogens is 451 g/mol. The zero-order valence-electron chi connectivity index (χ0n) is 19.3. The Bertz CT molecular complexity index is 1390. The van der Waals surface area contributed by atoms with Gasteiger partial charge in [0.15, 0.2) is 5.69 Å². The summed E-state index contributed by atoms with van der Waals surface area (Å²) in [5.74, 6) is 0.569. The smallest absolute Gasteiger partial charge is 0.273 e. The molecule has 180 valence electrons. The molecule has 0 bridgehead atoms. The highest BCUT2D eigenvalue weighted by Gasteiger charge is 2.24. The first-order valence-corrected chi connectivity index (χ1v) is 11.6. The van der Waals surface area contributed by atoms with Crippen molar-refractivity contribution in [3.63, 3.8) is 0 Å². The molecule has 10 heteroatoms. The molecule has 2 N–H and O–H groups in total. The van der Waals surface area contributed by atoms with Crippen LogP contribution in [0.15, 0.2) is 52.0 Å². The van der Waals surface area contributed by atoms with Crippen LogP contribution in [0.1, 0.15) is 45.9 Å². The Labute approximate surface area is 200 Å². The van der Waals surface area contributed by atoms with E-state index in [0.717, 1.165) is 18.5 Å². The van der Waals surface area contributed by atoms with E-state index in [4.69, 9.17) is 4.52 Å². The summed E-state index contributed by atoms with van der Waals surface area (Å²) in [6.45, 7) is 2.63. The number of carbonyl (C=O) groups is 1. The predicted octanol–water partition coefficient (Wildman–Crippen LogP) is 3.04. The summed E-state index contributed by atoms with van der Waals surface area (Å²) in [6, 6.07) is 7.70. The molecule has 0 saturated carbocycles. The van der Waals surface area contributed by atoms with Crippen LogP contribution in [0.2, 0.25) is 0 Å². The second kappa shape index (κ2) is 9.65. The Balaban J connectivity index is 1.24. The van der Waals surface area contributed by atoms with E-state index in [1.165, 1.54) is 12.1 Å². The number of hydrogen-bond donors (Lipinski definition) is 2. The molecule has 3 heterocycles. The van der Waals surface area contributed by atoms with Gasteiger partial charge in [0.1, 0.15) is 17.4 Å². The van der Waals surface area contributed by atoms with E-state index in [2.05, 4.69) is 25.5 Å². The highest BCUT2D eigenvalue weighted by atomic mass is 19.1. The fourth-order valence-electron chi connectivity index (χ4n) is 4.42. The molecule has 1 amide bonds. The van der Waals surface area contributed by atoms with Crippen molar-refractivity contribution in [1.29, 1.82) is 0 Å². The molecule has 9 nitrogen and oxygen atoms in total. The number of halogens is 1. The van der Waals surface area contributed by atoms with Crippen molar-refractivity contribution in [2.24, 2.45) is 5.92 Å². The number of aromatic nitrogens is 5. The second-order valence-electron chi connectivity index (χ2n) is 8.77. The van der Waals surface area contributed by atoms with Gasteiger partial charge in [0.05, 0.1) is 12.2 Å². The molecular formula is C25H25FN6O3. The zero-order chi connectivity index (χ0) is 24.4. The highest BCUT2D eigenvalue weighted by molar-refractivity contribution is 5.93. The number of H-pyrrole nitrogens is 1. The van der Waals surface area contributed by atoms with Crippen LogP contribution in [-0.2, 0) is 19.4 Å². The van der Waals surface area contributed by atoms with Crippen molar-refractivity contribution in [2.75, 3.05) is 6.54 Å². The normalized spacial score (nSPS) is 15.4. The molecule has 0 radical (unpaired) electrons. The summed E-state index contributed by atoms with van der Waals surface area (Å²) in [7, 11) is 0. The minimum Gasteiger partial charge on any atom is -0.361 e. The predicted molar refractivity (Wildman–Crippen MR) is 125 cm³/mol. The molecule has 1 atom stereocenters. The van der Waals surface area contributed by atoms with Gasteiger partial charge in [0.2, 0.25) is 0 Å².